The van der Waals surface area contributed by atoms with E-state index < -0.39 is 0 Å². The maximum atomic E-state index is 11.4. The summed E-state index contributed by atoms with van der Waals surface area (Å²) < 4.78 is 5.88. The number of aromatic nitrogens is 1. The van der Waals surface area contributed by atoms with Gasteiger partial charge in [0.15, 0.2) is 4.34 Å². The fourth-order valence-corrected chi connectivity index (χ4v) is 2.72. The van der Waals surface area contributed by atoms with Crippen molar-refractivity contribution >= 4 is 29.1 Å². The Labute approximate surface area is 91.9 Å². The quantitative estimate of drug-likeness (QED) is 0.577. The van der Waals surface area contributed by atoms with Gasteiger partial charge in [0.05, 0.1) is 6.61 Å². The van der Waals surface area contributed by atoms with Gasteiger partial charge in [-0.2, -0.15) is 0 Å². The molecule has 0 aliphatic carbocycles. The van der Waals surface area contributed by atoms with Gasteiger partial charge in [0, 0.05) is 11.6 Å². The Morgan fingerprint density at radius 2 is 2.50 bits per heavy atom. The van der Waals surface area contributed by atoms with Crippen LogP contribution in [0.25, 0.3) is 0 Å². The lowest BCUT2D eigenvalue weighted by Gasteiger charge is -2.10. The summed E-state index contributed by atoms with van der Waals surface area (Å²) in [5.41, 5.74) is 0. The van der Waals surface area contributed by atoms with Gasteiger partial charge in [-0.1, -0.05) is 18.7 Å². The average Bonchev–Trinajstić information content (AvgIpc) is 2.66. The van der Waals surface area contributed by atoms with Crippen molar-refractivity contribution < 1.29 is 9.53 Å². The van der Waals surface area contributed by atoms with Gasteiger partial charge in [0.1, 0.15) is 5.25 Å². The first-order valence-electron chi connectivity index (χ1n) is 4.50. The lowest BCUT2D eigenvalue weighted by Crippen LogP contribution is -2.19. The van der Waals surface area contributed by atoms with E-state index in [1.807, 2.05) is 19.2 Å². The van der Waals surface area contributed by atoms with Crippen molar-refractivity contribution in [2.24, 2.45) is 0 Å². The van der Waals surface area contributed by atoms with Crippen LogP contribution >= 0.6 is 23.1 Å². The summed E-state index contributed by atoms with van der Waals surface area (Å²) in [4.78, 5) is 15.6. The highest BCUT2D eigenvalue weighted by Gasteiger charge is 2.19. The molecule has 0 N–H and O–H groups in total. The minimum Gasteiger partial charge on any atom is -0.465 e. The summed E-state index contributed by atoms with van der Waals surface area (Å²) in [7, 11) is 0. The molecule has 0 saturated heterocycles. The molecule has 0 spiro atoms. The van der Waals surface area contributed by atoms with Crippen LogP contribution in [0, 0.1) is 0 Å². The summed E-state index contributed by atoms with van der Waals surface area (Å²) in [6.07, 6.45) is 2.51. The van der Waals surface area contributed by atoms with E-state index in [0.717, 1.165) is 10.8 Å². The molecule has 0 amide bonds. The van der Waals surface area contributed by atoms with E-state index in [9.17, 15) is 4.79 Å². The molecule has 1 unspecified atom stereocenters. The number of hydrogen-bond acceptors (Lipinski definition) is 5. The molecule has 0 radical (unpaired) electrons. The third-order valence-electron chi connectivity index (χ3n) is 1.57. The molecule has 14 heavy (non-hydrogen) atoms. The van der Waals surface area contributed by atoms with Crippen molar-refractivity contribution in [3.63, 3.8) is 0 Å². The first kappa shape index (κ1) is 11.5. The molecule has 1 aromatic rings. The van der Waals surface area contributed by atoms with Gasteiger partial charge in [0.25, 0.3) is 0 Å². The number of esters is 1. The van der Waals surface area contributed by atoms with Gasteiger partial charge in [-0.3, -0.25) is 4.79 Å². The first-order chi connectivity index (χ1) is 6.77. The van der Waals surface area contributed by atoms with E-state index in [2.05, 4.69) is 4.98 Å². The van der Waals surface area contributed by atoms with Crippen LogP contribution in [0.3, 0.4) is 0 Å². The fraction of sp³-hybridized carbons (Fsp3) is 0.556. The normalized spacial score (nSPS) is 12.4. The SMILES string of the molecule is CCOC(=O)C(CC)Sc1nccs1. The molecule has 0 bridgehead atoms. The molecule has 1 aromatic heterocycles. The van der Waals surface area contributed by atoms with E-state index in [4.69, 9.17) is 4.74 Å². The maximum Gasteiger partial charge on any atom is 0.319 e. The highest BCUT2D eigenvalue weighted by Crippen LogP contribution is 2.27. The van der Waals surface area contributed by atoms with Gasteiger partial charge in [0.2, 0.25) is 0 Å². The monoisotopic (exact) mass is 231 g/mol. The second-order valence-electron chi connectivity index (χ2n) is 2.56. The van der Waals surface area contributed by atoms with Crippen LogP contribution < -0.4 is 0 Å². The molecule has 5 heteroatoms. The summed E-state index contributed by atoms with van der Waals surface area (Å²) in [6.45, 7) is 4.23. The standard InChI is InChI=1S/C9H13NO2S2/c1-3-7(8(11)12-4-2)14-9-10-5-6-13-9/h5-7H,3-4H2,1-2H3. The van der Waals surface area contributed by atoms with E-state index in [-0.39, 0.29) is 11.2 Å². The zero-order chi connectivity index (χ0) is 10.4. The fourth-order valence-electron chi connectivity index (χ4n) is 0.924. The summed E-state index contributed by atoms with van der Waals surface area (Å²) >= 11 is 3.02. The van der Waals surface area contributed by atoms with Crippen molar-refractivity contribution in [2.75, 3.05) is 6.61 Å². The number of carbonyl (C=O) groups is 1. The van der Waals surface area contributed by atoms with Crippen LogP contribution in [0.2, 0.25) is 0 Å². The Morgan fingerprint density at radius 3 is 3.00 bits per heavy atom. The lowest BCUT2D eigenvalue weighted by molar-refractivity contribution is -0.142. The molecule has 1 rings (SSSR count). The number of nitrogens with zero attached hydrogens (tertiary/aromatic N) is 1. The molecule has 0 fully saturated rings. The third kappa shape index (κ3) is 3.31. The number of ether oxygens (including phenoxy) is 1. The van der Waals surface area contributed by atoms with Crippen molar-refractivity contribution in [3.05, 3.63) is 11.6 Å². The van der Waals surface area contributed by atoms with Gasteiger partial charge < -0.3 is 4.74 Å². The van der Waals surface area contributed by atoms with Crippen LogP contribution in [0.5, 0.6) is 0 Å². The van der Waals surface area contributed by atoms with Crippen LogP contribution in [-0.4, -0.2) is 22.8 Å². The first-order valence-corrected chi connectivity index (χ1v) is 6.26. The second-order valence-corrected chi connectivity index (χ2v) is 4.91. The number of thiazole rings is 1. The number of rotatable bonds is 5. The molecule has 1 heterocycles. The molecule has 0 saturated carbocycles. The Bertz CT molecular complexity index is 274. The minimum absolute atomic E-state index is 0.124. The van der Waals surface area contributed by atoms with E-state index in [1.54, 1.807) is 17.5 Å². The van der Waals surface area contributed by atoms with Gasteiger partial charge in [-0.25, -0.2) is 4.98 Å². The maximum absolute atomic E-state index is 11.4. The number of hydrogen-bond donors (Lipinski definition) is 0. The Morgan fingerprint density at radius 1 is 1.71 bits per heavy atom. The van der Waals surface area contributed by atoms with E-state index >= 15 is 0 Å². The molecular weight excluding hydrogens is 218 g/mol. The molecule has 78 valence electrons. The van der Waals surface area contributed by atoms with Crippen molar-refractivity contribution in [1.82, 2.24) is 4.98 Å². The second kappa shape index (κ2) is 6.03. The van der Waals surface area contributed by atoms with E-state index in [0.29, 0.717) is 6.61 Å². The van der Waals surface area contributed by atoms with Crippen LogP contribution in [-0.2, 0) is 9.53 Å². The van der Waals surface area contributed by atoms with Crippen molar-refractivity contribution in [3.8, 4) is 0 Å². The molecule has 0 aliphatic rings. The summed E-state index contributed by atoms with van der Waals surface area (Å²) in [5.74, 6) is -0.143. The van der Waals surface area contributed by atoms with Crippen LogP contribution in [0.1, 0.15) is 20.3 Å². The average molecular weight is 231 g/mol. The van der Waals surface area contributed by atoms with Crippen molar-refractivity contribution in [2.45, 2.75) is 29.9 Å². The predicted molar refractivity (Wildman–Crippen MR) is 58.7 cm³/mol. The molecule has 3 nitrogen and oxygen atoms in total. The predicted octanol–water partition coefficient (Wildman–Crippen LogP) is 2.58. The van der Waals surface area contributed by atoms with Gasteiger partial charge in [-0.15, -0.1) is 11.3 Å². The zero-order valence-corrected chi connectivity index (χ0v) is 9.86. The molecule has 0 aliphatic heterocycles. The smallest absolute Gasteiger partial charge is 0.319 e. The number of carbonyl (C=O) groups excluding carboxylic acids is 1. The third-order valence-corrected chi connectivity index (χ3v) is 3.83. The highest BCUT2D eigenvalue weighted by atomic mass is 32.2. The Hall–Kier alpha value is -0.550. The lowest BCUT2D eigenvalue weighted by atomic mass is 10.3. The highest BCUT2D eigenvalue weighted by molar-refractivity contribution is 8.02. The topological polar surface area (TPSA) is 39.2 Å². The van der Waals surface area contributed by atoms with Gasteiger partial charge in [-0.05, 0) is 13.3 Å². The zero-order valence-electron chi connectivity index (χ0n) is 8.23. The van der Waals surface area contributed by atoms with Crippen LogP contribution in [0.4, 0.5) is 0 Å². The van der Waals surface area contributed by atoms with Gasteiger partial charge >= 0.3 is 5.97 Å². The summed E-state index contributed by atoms with van der Waals surface area (Å²) in [6, 6.07) is 0. The Kier molecular flexibility index (Phi) is 4.97. The van der Waals surface area contributed by atoms with Crippen LogP contribution in [0.15, 0.2) is 15.9 Å². The largest absolute Gasteiger partial charge is 0.465 e. The molecule has 0 aromatic carbocycles. The Balaban J connectivity index is 2.50. The summed E-state index contributed by atoms with van der Waals surface area (Å²) in [5, 5.41) is 1.78. The minimum atomic E-state index is -0.143. The van der Waals surface area contributed by atoms with E-state index in [1.165, 1.54) is 11.8 Å². The molecule has 1 atom stereocenters. The van der Waals surface area contributed by atoms with Crippen molar-refractivity contribution in [1.29, 1.82) is 0 Å². The number of thioether (sulfide) groups is 1. The molecular formula is C9H13NO2S2.